The minimum absolute atomic E-state index is 0.441. The van der Waals surface area contributed by atoms with Gasteiger partial charge < -0.3 is 14.9 Å². The molecule has 128 valence electrons. The molecule has 0 bridgehead atoms. The van der Waals surface area contributed by atoms with E-state index in [1.54, 1.807) is 17.0 Å². The first kappa shape index (κ1) is 16.6. The summed E-state index contributed by atoms with van der Waals surface area (Å²) in [4.78, 5) is 3.76. The average Bonchev–Trinajstić information content (AvgIpc) is 2.57. The summed E-state index contributed by atoms with van der Waals surface area (Å²) in [7, 11) is 0. The molecule has 0 saturated carbocycles. The predicted molar refractivity (Wildman–Crippen MR) is 88.2 cm³/mol. The SMILES string of the molecule is OC(CN1CCN(Cc2ccccc2)c2ccccc21)C(F)(F)F. The lowest BCUT2D eigenvalue weighted by atomic mass is 10.1. The third-order valence-corrected chi connectivity index (χ3v) is 4.19. The molecule has 0 fully saturated rings. The highest BCUT2D eigenvalue weighted by molar-refractivity contribution is 5.73. The van der Waals surface area contributed by atoms with E-state index in [1.807, 2.05) is 42.5 Å². The van der Waals surface area contributed by atoms with E-state index in [1.165, 1.54) is 0 Å². The van der Waals surface area contributed by atoms with Gasteiger partial charge in [0.15, 0.2) is 6.10 Å². The number of alkyl halides is 3. The Bertz CT molecular complexity index is 675. The van der Waals surface area contributed by atoms with Crippen LogP contribution in [0.3, 0.4) is 0 Å². The summed E-state index contributed by atoms with van der Waals surface area (Å²) in [6.07, 6.45) is -6.94. The molecule has 2 aromatic carbocycles. The number of aliphatic hydroxyl groups is 1. The quantitative estimate of drug-likeness (QED) is 0.927. The normalized spacial score (nSPS) is 16.0. The Hall–Kier alpha value is -2.21. The molecule has 1 aliphatic rings. The highest BCUT2D eigenvalue weighted by atomic mass is 19.4. The van der Waals surface area contributed by atoms with Crippen molar-refractivity contribution in [3.63, 3.8) is 0 Å². The number of hydrogen-bond donors (Lipinski definition) is 1. The van der Waals surface area contributed by atoms with Gasteiger partial charge in [0, 0.05) is 19.6 Å². The summed E-state index contributed by atoms with van der Waals surface area (Å²) in [5, 5.41) is 9.38. The Balaban J connectivity index is 1.80. The number of aliphatic hydroxyl groups excluding tert-OH is 1. The van der Waals surface area contributed by atoms with Crippen LogP contribution in [0.4, 0.5) is 24.5 Å². The van der Waals surface area contributed by atoms with Crippen molar-refractivity contribution >= 4 is 11.4 Å². The summed E-state index contributed by atoms with van der Waals surface area (Å²) in [6, 6.07) is 17.3. The first-order valence-corrected chi connectivity index (χ1v) is 7.83. The minimum atomic E-state index is -4.60. The summed E-state index contributed by atoms with van der Waals surface area (Å²) < 4.78 is 38.0. The number of halogens is 3. The molecule has 1 unspecified atom stereocenters. The lowest BCUT2D eigenvalue weighted by Crippen LogP contribution is -2.47. The van der Waals surface area contributed by atoms with E-state index in [2.05, 4.69) is 4.90 Å². The topological polar surface area (TPSA) is 26.7 Å². The summed E-state index contributed by atoms with van der Waals surface area (Å²) in [5.74, 6) is 0. The van der Waals surface area contributed by atoms with Crippen molar-refractivity contribution in [2.45, 2.75) is 18.8 Å². The summed E-state index contributed by atoms with van der Waals surface area (Å²) in [6.45, 7) is 1.31. The second-order valence-corrected chi connectivity index (χ2v) is 5.90. The van der Waals surface area contributed by atoms with E-state index in [0.717, 1.165) is 16.9 Å². The van der Waals surface area contributed by atoms with Gasteiger partial charge in [0.1, 0.15) is 0 Å². The van der Waals surface area contributed by atoms with E-state index >= 15 is 0 Å². The number of rotatable bonds is 4. The zero-order chi connectivity index (χ0) is 17.2. The molecule has 0 saturated heterocycles. The molecule has 0 amide bonds. The molecule has 0 aliphatic carbocycles. The summed E-state index contributed by atoms with van der Waals surface area (Å²) >= 11 is 0. The number of anilines is 2. The van der Waals surface area contributed by atoms with Crippen LogP contribution in [0.5, 0.6) is 0 Å². The Morgan fingerprint density at radius 2 is 1.42 bits per heavy atom. The first-order valence-electron chi connectivity index (χ1n) is 7.83. The molecular weight excluding hydrogens is 317 g/mol. The standard InChI is InChI=1S/C18H19F3N2O/c19-18(20,21)17(24)13-23-11-10-22(12-14-6-2-1-3-7-14)15-8-4-5-9-16(15)23/h1-9,17,24H,10-13H2. The number of nitrogens with zero attached hydrogens (tertiary/aromatic N) is 2. The second-order valence-electron chi connectivity index (χ2n) is 5.90. The molecular formula is C18H19F3N2O. The fourth-order valence-electron chi connectivity index (χ4n) is 2.95. The van der Waals surface area contributed by atoms with Crippen LogP contribution in [0, 0.1) is 0 Å². The second kappa shape index (κ2) is 6.73. The molecule has 3 nitrogen and oxygen atoms in total. The van der Waals surface area contributed by atoms with Crippen LogP contribution in [-0.2, 0) is 6.54 Å². The van der Waals surface area contributed by atoms with Gasteiger partial charge in [-0.25, -0.2) is 0 Å². The predicted octanol–water partition coefficient (Wildman–Crippen LogP) is 3.44. The van der Waals surface area contributed by atoms with Crippen LogP contribution in [0.15, 0.2) is 54.6 Å². The third-order valence-electron chi connectivity index (χ3n) is 4.19. The zero-order valence-corrected chi connectivity index (χ0v) is 13.1. The van der Waals surface area contributed by atoms with Crippen LogP contribution in [0.2, 0.25) is 0 Å². The van der Waals surface area contributed by atoms with Gasteiger partial charge in [-0.2, -0.15) is 13.2 Å². The Kier molecular flexibility index (Phi) is 4.66. The lowest BCUT2D eigenvalue weighted by molar-refractivity contribution is -0.200. The number of benzene rings is 2. The molecule has 2 aromatic rings. The molecule has 0 aromatic heterocycles. The van der Waals surface area contributed by atoms with Crippen LogP contribution in [-0.4, -0.2) is 37.0 Å². The third kappa shape index (κ3) is 3.64. The maximum Gasteiger partial charge on any atom is 0.416 e. The highest BCUT2D eigenvalue weighted by Crippen LogP contribution is 2.34. The maximum absolute atomic E-state index is 12.7. The fourth-order valence-corrected chi connectivity index (χ4v) is 2.95. The molecule has 1 atom stereocenters. The lowest BCUT2D eigenvalue weighted by Gasteiger charge is -2.40. The van der Waals surface area contributed by atoms with Gasteiger partial charge in [0.05, 0.1) is 17.9 Å². The van der Waals surface area contributed by atoms with Crippen molar-refractivity contribution < 1.29 is 18.3 Å². The van der Waals surface area contributed by atoms with Crippen LogP contribution in [0.1, 0.15) is 5.56 Å². The van der Waals surface area contributed by atoms with Crippen molar-refractivity contribution in [2.24, 2.45) is 0 Å². The highest BCUT2D eigenvalue weighted by Gasteiger charge is 2.40. The van der Waals surface area contributed by atoms with E-state index in [0.29, 0.717) is 19.6 Å². The number of hydrogen-bond acceptors (Lipinski definition) is 3. The minimum Gasteiger partial charge on any atom is -0.382 e. The van der Waals surface area contributed by atoms with Crippen molar-refractivity contribution in [3.8, 4) is 0 Å². The monoisotopic (exact) mass is 336 g/mol. The molecule has 6 heteroatoms. The van der Waals surface area contributed by atoms with Crippen LogP contribution in [0.25, 0.3) is 0 Å². The van der Waals surface area contributed by atoms with Gasteiger partial charge in [0.25, 0.3) is 0 Å². The van der Waals surface area contributed by atoms with Crippen molar-refractivity contribution in [1.29, 1.82) is 0 Å². The van der Waals surface area contributed by atoms with E-state index in [4.69, 9.17) is 0 Å². The average molecular weight is 336 g/mol. The van der Waals surface area contributed by atoms with Crippen molar-refractivity contribution in [3.05, 3.63) is 60.2 Å². The molecule has 1 aliphatic heterocycles. The van der Waals surface area contributed by atoms with E-state index in [9.17, 15) is 18.3 Å². The molecule has 1 N–H and O–H groups in total. The first-order chi connectivity index (χ1) is 11.4. The molecule has 0 spiro atoms. The Morgan fingerprint density at radius 3 is 2.04 bits per heavy atom. The van der Waals surface area contributed by atoms with E-state index in [-0.39, 0.29) is 0 Å². The smallest absolute Gasteiger partial charge is 0.382 e. The number of β-amino-alcohol motifs (C(OH)–C–C–N with tert-alkyl or cyclic N) is 1. The van der Waals surface area contributed by atoms with Gasteiger partial charge in [-0.15, -0.1) is 0 Å². The van der Waals surface area contributed by atoms with Crippen molar-refractivity contribution in [1.82, 2.24) is 0 Å². The Morgan fingerprint density at radius 1 is 0.875 bits per heavy atom. The number of fused-ring (bicyclic) bond motifs is 1. The van der Waals surface area contributed by atoms with Gasteiger partial charge in [-0.05, 0) is 17.7 Å². The molecule has 3 rings (SSSR count). The molecule has 24 heavy (non-hydrogen) atoms. The fraction of sp³-hybridized carbons (Fsp3) is 0.333. The van der Waals surface area contributed by atoms with Crippen molar-refractivity contribution in [2.75, 3.05) is 29.4 Å². The van der Waals surface area contributed by atoms with Gasteiger partial charge in [-0.1, -0.05) is 42.5 Å². The summed E-state index contributed by atoms with van der Waals surface area (Å²) in [5.41, 5.74) is 2.76. The molecule has 1 heterocycles. The van der Waals surface area contributed by atoms with E-state index < -0.39 is 18.8 Å². The maximum atomic E-state index is 12.7. The Labute approximate surface area is 138 Å². The number of para-hydroxylation sites is 2. The zero-order valence-electron chi connectivity index (χ0n) is 13.1. The van der Waals surface area contributed by atoms with Gasteiger partial charge >= 0.3 is 6.18 Å². The van der Waals surface area contributed by atoms with Gasteiger partial charge in [-0.3, -0.25) is 0 Å². The van der Waals surface area contributed by atoms with Gasteiger partial charge in [0.2, 0.25) is 0 Å². The van der Waals surface area contributed by atoms with Crippen LogP contribution >= 0.6 is 0 Å². The molecule has 0 radical (unpaired) electrons. The largest absolute Gasteiger partial charge is 0.416 e. The van der Waals surface area contributed by atoms with Crippen LogP contribution < -0.4 is 9.80 Å².